The number of carbonyl (C=O) groups excluding carboxylic acids is 1. The van der Waals surface area contributed by atoms with Crippen LogP contribution in [0.15, 0.2) is 47.4 Å². The first-order valence-electron chi connectivity index (χ1n) is 6.61. The lowest BCUT2D eigenvalue weighted by molar-refractivity contribution is -0.113. The van der Waals surface area contributed by atoms with Crippen LogP contribution in [0.2, 0.25) is 0 Å². The summed E-state index contributed by atoms with van der Waals surface area (Å²) in [6, 6.07) is 14.1. The number of benzene rings is 2. The summed E-state index contributed by atoms with van der Waals surface area (Å²) in [5.41, 5.74) is 4.47. The maximum absolute atomic E-state index is 11.9. The summed E-state index contributed by atoms with van der Waals surface area (Å²) in [6.07, 6.45) is 0. The summed E-state index contributed by atoms with van der Waals surface area (Å²) in [4.78, 5) is 13.1. The van der Waals surface area contributed by atoms with E-state index in [2.05, 4.69) is 37.4 Å². The summed E-state index contributed by atoms with van der Waals surface area (Å²) in [6.45, 7) is 6.16. The number of rotatable bonds is 4. The van der Waals surface area contributed by atoms with Gasteiger partial charge in [-0.05, 0) is 44.5 Å². The zero-order valence-electron chi connectivity index (χ0n) is 12.1. The lowest BCUT2D eigenvalue weighted by Crippen LogP contribution is -2.14. The molecule has 0 fully saturated rings. The SMILES string of the molecule is Cc1ccc(NC(=O)CSc2cc(C)ccc2C)cc1. The average molecular weight is 285 g/mol. The van der Waals surface area contributed by atoms with Crippen LogP contribution in [0, 0.1) is 20.8 Å². The Morgan fingerprint density at radius 3 is 2.35 bits per heavy atom. The highest BCUT2D eigenvalue weighted by atomic mass is 32.2. The van der Waals surface area contributed by atoms with E-state index in [1.807, 2.05) is 31.2 Å². The second kappa shape index (κ2) is 6.62. The van der Waals surface area contributed by atoms with Gasteiger partial charge < -0.3 is 5.32 Å². The molecule has 0 aliphatic carbocycles. The summed E-state index contributed by atoms with van der Waals surface area (Å²) >= 11 is 1.58. The number of carbonyl (C=O) groups is 1. The van der Waals surface area contributed by atoms with Crippen molar-refractivity contribution in [1.82, 2.24) is 0 Å². The smallest absolute Gasteiger partial charge is 0.234 e. The maximum Gasteiger partial charge on any atom is 0.234 e. The molecule has 0 saturated heterocycles. The molecule has 0 saturated carbocycles. The van der Waals surface area contributed by atoms with E-state index in [4.69, 9.17) is 0 Å². The fraction of sp³-hybridized carbons (Fsp3) is 0.235. The van der Waals surface area contributed by atoms with Gasteiger partial charge in [-0.25, -0.2) is 0 Å². The molecule has 0 unspecified atom stereocenters. The standard InChI is InChI=1S/C17H19NOS/c1-12-5-8-15(9-6-12)18-17(19)11-20-16-10-13(2)4-7-14(16)3/h4-10H,11H2,1-3H3,(H,18,19). The molecule has 0 aliphatic heterocycles. The number of hydrogen-bond acceptors (Lipinski definition) is 2. The predicted octanol–water partition coefficient (Wildman–Crippen LogP) is 4.34. The van der Waals surface area contributed by atoms with E-state index in [-0.39, 0.29) is 5.91 Å². The molecule has 20 heavy (non-hydrogen) atoms. The predicted molar refractivity (Wildman–Crippen MR) is 86.4 cm³/mol. The van der Waals surface area contributed by atoms with Gasteiger partial charge in [0.05, 0.1) is 5.75 Å². The van der Waals surface area contributed by atoms with Crippen LogP contribution in [-0.2, 0) is 4.79 Å². The molecule has 0 spiro atoms. The first kappa shape index (κ1) is 14.7. The van der Waals surface area contributed by atoms with Crippen molar-refractivity contribution < 1.29 is 4.79 Å². The van der Waals surface area contributed by atoms with Gasteiger partial charge in [0.25, 0.3) is 0 Å². The zero-order valence-corrected chi connectivity index (χ0v) is 12.9. The molecule has 2 aromatic carbocycles. The van der Waals surface area contributed by atoms with Crippen molar-refractivity contribution in [3.8, 4) is 0 Å². The van der Waals surface area contributed by atoms with Gasteiger partial charge >= 0.3 is 0 Å². The van der Waals surface area contributed by atoms with E-state index in [9.17, 15) is 4.79 Å². The van der Waals surface area contributed by atoms with Crippen LogP contribution in [-0.4, -0.2) is 11.7 Å². The summed E-state index contributed by atoms with van der Waals surface area (Å²) in [7, 11) is 0. The lowest BCUT2D eigenvalue weighted by Gasteiger charge is -2.08. The number of anilines is 1. The molecule has 2 rings (SSSR count). The fourth-order valence-corrected chi connectivity index (χ4v) is 2.76. The van der Waals surface area contributed by atoms with Crippen LogP contribution in [0.1, 0.15) is 16.7 Å². The van der Waals surface area contributed by atoms with Crippen molar-refractivity contribution in [2.45, 2.75) is 25.7 Å². The van der Waals surface area contributed by atoms with Crippen LogP contribution < -0.4 is 5.32 Å². The second-order valence-corrected chi connectivity index (χ2v) is 5.99. The van der Waals surface area contributed by atoms with E-state index >= 15 is 0 Å². The van der Waals surface area contributed by atoms with Crippen molar-refractivity contribution >= 4 is 23.4 Å². The van der Waals surface area contributed by atoms with Crippen molar-refractivity contribution in [2.75, 3.05) is 11.1 Å². The second-order valence-electron chi connectivity index (χ2n) is 4.97. The number of aryl methyl sites for hydroxylation is 3. The minimum Gasteiger partial charge on any atom is -0.325 e. The Balaban J connectivity index is 1.92. The van der Waals surface area contributed by atoms with Gasteiger partial charge in [0, 0.05) is 10.6 Å². The van der Waals surface area contributed by atoms with E-state index in [1.165, 1.54) is 21.6 Å². The topological polar surface area (TPSA) is 29.1 Å². The van der Waals surface area contributed by atoms with Gasteiger partial charge in [-0.2, -0.15) is 0 Å². The van der Waals surface area contributed by atoms with E-state index in [0.29, 0.717) is 5.75 Å². The quantitative estimate of drug-likeness (QED) is 0.847. The van der Waals surface area contributed by atoms with E-state index in [0.717, 1.165) is 5.69 Å². The van der Waals surface area contributed by atoms with E-state index < -0.39 is 0 Å². The third-order valence-electron chi connectivity index (χ3n) is 3.04. The molecule has 2 nitrogen and oxygen atoms in total. The Morgan fingerprint density at radius 2 is 1.65 bits per heavy atom. The van der Waals surface area contributed by atoms with E-state index in [1.54, 1.807) is 11.8 Å². The third kappa shape index (κ3) is 4.14. The summed E-state index contributed by atoms with van der Waals surface area (Å²) in [5, 5.41) is 2.91. The molecule has 3 heteroatoms. The van der Waals surface area contributed by atoms with Gasteiger partial charge in [-0.3, -0.25) is 4.79 Å². The first-order chi connectivity index (χ1) is 9.54. The highest BCUT2D eigenvalue weighted by Crippen LogP contribution is 2.23. The third-order valence-corrected chi connectivity index (χ3v) is 4.20. The number of hydrogen-bond donors (Lipinski definition) is 1. The minimum atomic E-state index is 0.0276. The molecular weight excluding hydrogens is 266 g/mol. The van der Waals surface area contributed by atoms with Crippen LogP contribution in [0.3, 0.4) is 0 Å². The molecule has 0 aliphatic rings. The Bertz CT molecular complexity index is 605. The van der Waals surface area contributed by atoms with Crippen molar-refractivity contribution in [1.29, 1.82) is 0 Å². The molecule has 1 amide bonds. The normalized spacial score (nSPS) is 10.3. The molecule has 0 atom stereocenters. The number of amides is 1. The van der Waals surface area contributed by atoms with Crippen LogP contribution >= 0.6 is 11.8 Å². The molecule has 0 radical (unpaired) electrons. The summed E-state index contributed by atoms with van der Waals surface area (Å²) in [5.74, 6) is 0.456. The molecule has 104 valence electrons. The van der Waals surface area contributed by atoms with Crippen molar-refractivity contribution in [2.24, 2.45) is 0 Å². The molecular formula is C17H19NOS. The Hall–Kier alpha value is -1.74. The van der Waals surface area contributed by atoms with Gasteiger partial charge in [0.15, 0.2) is 0 Å². The Kier molecular flexibility index (Phi) is 4.85. The van der Waals surface area contributed by atoms with Gasteiger partial charge in [-0.15, -0.1) is 11.8 Å². The highest BCUT2D eigenvalue weighted by Gasteiger charge is 2.05. The fourth-order valence-electron chi connectivity index (χ4n) is 1.84. The van der Waals surface area contributed by atoms with Crippen LogP contribution in [0.25, 0.3) is 0 Å². The molecule has 2 aromatic rings. The lowest BCUT2D eigenvalue weighted by atomic mass is 10.2. The zero-order chi connectivity index (χ0) is 14.5. The number of thioether (sulfide) groups is 1. The monoisotopic (exact) mass is 285 g/mol. The maximum atomic E-state index is 11.9. The van der Waals surface area contributed by atoms with Crippen molar-refractivity contribution in [3.05, 3.63) is 59.2 Å². The van der Waals surface area contributed by atoms with Gasteiger partial charge in [0.2, 0.25) is 5.91 Å². The Labute approximate surface area is 124 Å². The highest BCUT2D eigenvalue weighted by molar-refractivity contribution is 8.00. The van der Waals surface area contributed by atoms with Crippen LogP contribution in [0.4, 0.5) is 5.69 Å². The summed E-state index contributed by atoms with van der Waals surface area (Å²) < 4.78 is 0. The molecule has 0 bridgehead atoms. The van der Waals surface area contributed by atoms with Crippen LogP contribution in [0.5, 0.6) is 0 Å². The number of nitrogens with one attached hydrogen (secondary N) is 1. The van der Waals surface area contributed by atoms with Crippen molar-refractivity contribution in [3.63, 3.8) is 0 Å². The molecule has 1 N–H and O–H groups in total. The van der Waals surface area contributed by atoms with Gasteiger partial charge in [0.1, 0.15) is 0 Å². The van der Waals surface area contributed by atoms with Gasteiger partial charge in [-0.1, -0.05) is 35.4 Å². The largest absolute Gasteiger partial charge is 0.325 e. The Morgan fingerprint density at radius 1 is 1.00 bits per heavy atom. The first-order valence-corrected chi connectivity index (χ1v) is 7.60. The minimum absolute atomic E-state index is 0.0276. The molecule has 0 aromatic heterocycles. The molecule has 0 heterocycles. The average Bonchev–Trinajstić information content (AvgIpc) is 2.42.